The molecule has 2 aromatic heterocycles. The number of anilines is 1. The molecule has 21 heavy (non-hydrogen) atoms. The van der Waals surface area contributed by atoms with Gasteiger partial charge in [-0.2, -0.15) is 4.73 Å². The molecule has 0 radical (unpaired) electrons. The SMILES string of the molecule is COc1ccc(N(C)C(=O)c2ccc[n+]([O-])c2C)c(Br)n1. The molecule has 0 aromatic carbocycles. The maximum absolute atomic E-state index is 12.5. The van der Waals surface area contributed by atoms with Crippen LogP contribution in [-0.4, -0.2) is 25.0 Å². The monoisotopic (exact) mass is 351 g/mol. The van der Waals surface area contributed by atoms with E-state index in [-0.39, 0.29) is 5.91 Å². The van der Waals surface area contributed by atoms with Crippen LogP contribution in [0.3, 0.4) is 0 Å². The number of carbonyl (C=O) groups is 1. The molecular weight excluding hydrogens is 338 g/mol. The van der Waals surface area contributed by atoms with E-state index < -0.39 is 0 Å². The third-order valence-corrected chi connectivity index (χ3v) is 3.70. The van der Waals surface area contributed by atoms with E-state index in [4.69, 9.17) is 4.74 Å². The van der Waals surface area contributed by atoms with Gasteiger partial charge in [-0.1, -0.05) is 0 Å². The third kappa shape index (κ3) is 2.97. The van der Waals surface area contributed by atoms with E-state index in [9.17, 15) is 10.0 Å². The van der Waals surface area contributed by atoms with Crippen molar-refractivity contribution in [3.63, 3.8) is 0 Å². The lowest BCUT2D eigenvalue weighted by Gasteiger charge is -2.19. The Morgan fingerprint density at radius 2 is 2.14 bits per heavy atom. The van der Waals surface area contributed by atoms with Crippen LogP contribution in [0, 0.1) is 12.1 Å². The molecule has 0 spiro atoms. The van der Waals surface area contributed by atoms with Gasteiger partial charge >= 0.3 is 0 Å². The van der Waals surface area contributed by atoms with Crippen LogP contribution in [0.4, 0.5) is 5.69 Å². The van der Waals surface area contributed by atoms with Crippen LogP contribution < -0.4 is 14.4 Å². The van der Waals surface area contributed by atoms with E-state index in [2.05, 4.69) is 20.9 Å². The van der Waals surface area contributed by atoms with Crippen molar-refractivity contribution in [2.24, 2.45) is 0 Å². The summed E-state index contributed by atoms with van der Waals surface area (Å²) in [6.45, 7) is 1.61. The fourth-order valence-corrected chi connectivity index (χ4v) is 2.43. The molecule has 6 nitrogen and oxygen atoms in total. The number of pyridine rings is 2. The van der Waals surface area contributed by atoms with Crippen LogP contribution in [0.2, 0.25) is 0 Å². The Morgan fingerprint density at radius 1 is 1.43 bits per heavy atom. The van der Waals surface area contributed by atoms with Crippen molar-refractivity contribution in [3.05, 3.63) is 51.5 Å². The predicted molar refractivity (Wildman–Crippen MR) is 81.4 cm³/mol. The maximum Gasteiger partial charge on any atom is 0.264 e. The molecule has 0 saturated heterocycles. The van der Waals surface area contributed by atoms with E-state index in [1.165, 1.54) is 18.2 Å². The van der Waals surface area contributed by atoms with E-state index in [1.807, 2.05) is 0 Å². The van der Waals surface area contributed by atoms with Crippen molar-refractivity contribution in [3.8, 4) is 5.88 Å². The smallest absolute Gasteiger partial charge is 0.264 e. The summed E-state index contributed by atoms with van der Waals surface area (Å²) in [4.78, 5) is 18.1. The highest BCUT2D eigenvalue weighted by molar-refractivity contribution is 9.10. The highest BCUT2D eigenvalue weighted by Crippen LogP contribution is 2.27. The van der Waals surface area contributed by atoms with Gasteiger partial charge in [0.1, 0.15) is 10.2 Å². The topological polar surface area (TPSA) is 69.4 Å². The molecule has 2 rings (SSSR count). The number of halogens is 1. The zero-order valence-corrected chi connectivity index (χ0v) is 13.4. The van der Waals surface area contributed by atoms with Crippen LogP contribution in [0.5, 0.6) is 5.88 Å². The van der Waals surface area contributed by atoms with Gasteiger partial charge in [-0.3, -0.25) is 4.79 Å². The Kier molecular flexibility index (Phi) is 4.42. The van der Waals surface area contributed by atoms with Crippen LogP contribution in [0.1, 0.15) is 16.1 Å². The second-order valence-electron chi connectivity index (χ2n) is 4.36. The Balaban J connectivity index is 2.37. The highest BCUT2D eigenvalue weighted by Gasteiger charge is 2.21. The summed E-state index contributed by atoms with van der Waals surface area (Å²) in [6.07, 6.45) is 1.36. The van der Waals surface area contributed by atoms with E-state index in [0.29, 0.717) is 32.2 Å². The number of carbonyl (C=O) groups excluding carboxylic acids is 1. The average Bonchev–Trinajstić information content (AvgIpc) is 2.48. The summed E-state index contributed by atoms with van der Waals surface area (Å²) in [5.74, 6) is 0.158. The Morgan fingerprint density at radius 3 is 2.76 bits per heavy atom. The van der Waals surface area contributed by atoms with Gasteiger partial charge < -0.3 is 14.8 Å². The molecule has 110 valence electrons. The summed E-state index contributed by atoms with van der Waals surface area (Å²) < 4.78 is 6.18. The van der Waals surface area contributed by atoms with Crippen molar-refractivity contribution in [2.75, 3.05) is 19.1 Å². The minimum Gasteiger partial charge on any atom is -0.618 e. The van der Waals surface area contributed by atoms with Gasteiger partial charge in [-0.15, -0.1) is 0 Å². The Bertz CT molecular complexity index is 691. The zero-order chi connectivity index (χ0) is 15.6. The van der Waals surface area contributed by atoms with Crippen molar-refractivity contribution in [1.82, 2.24) is 4.98 Å². The second-order valence-corrected chi connectivity index (χ2v) is 5.11. The first kappa shape index (κ1) is 15.2. The lowest BCUT2D eigenvalue weighted by atomic mass is 10.2. The number of hydrogen-bond acceptors (Lipinski definition) is 4. The molecule has 0 unspecified atom stereocenters. The Labute approximate surface area is 130 Å². The van der Waals surface area contributed by atoms with Gasteiger partial charge in [-0.25, -0.2) is 4.98 Å². The molecule has 2 heterocycles. The second kappa shape index (κ2) is 6.09. The van der Waals surface area contributed by atoms with Gasteiger partial charge in [-0.05, 0) is 28.1 Å². The fourth-order valence-electron chi connectivity index (χ4n) is 1.86. The predicted octanol–water partition coefficient (Wildman–Crippen LogP) is 2.07. The quantitative estimate of drug-likeness (QED) is 0.482. The number of ether oxygens (including phenoxy) is 1. The largest absolute Gasteiger partial charge is 0.618 e. The molecular formula is C14H14BrN3O3. The highest BCUT2D eigenvalue weighted by atomic mass is 79.9. The lowest BCUT2D eigenvalue weighted by Crippen LogP contribution is -2.35. The molecule has 0 bridgehead atoms. The van der Waals surface area contributed by atoms with Gasteiger partial charge in [0.2, 0.25) is 11.6 Å². The third-order valence-electron chi connectivity index (χ3n) is 3.11. The van der Waals surface area contributed by atoms with E-state index >= 15 is 0 Å². The number of methoxy groups -OCH3 is 1. The van der Waals surface area contributed by atoms with Gasteiger partial charge in [0, 0.05) is 26.1 Å². The molecule has 7 heteroatoms. The summed E-state index contributed by atoms with van der Waals surface area (Å²) in [5.41, 5.74) is 1.28. The van der Waals surface area contributed by atoms with Gasteiger partial charge in [0.25, 0.3) is 5.91 Å². The Hall–Kier alpha value is -2.15. The van der Waals surface area contributed by atoms with E-state index in [0.717, 1.165) is 0 Å². The minimum absolute atomic E-state index is 0.287. The molecule has 0 aliphatic carbocycles. The molecule has 1 amide bonds. The summed E-state index contributed by atoms with van der Waals surface area (Å²) in [6, 6.07) is 6.54. The summed E-state index contributed by atoms with van der Waals surface area (Å²) in [7, 11) is 3.14. The lowest BCUT2D eigenvalue weighted by molar-refractivity contribution is -0.612. The first-order valence-corrected chi connectivity index (χ1v) is 6.92. The molecule has 0 saturated carbocycles. The summed E-state index contributed by atoms with van der Waals surface area (Å²) in [5, 5.41) is 11.6. The molecule has 2 aromatic rings. The molecule has 0 N–H and O–H groups in total. The van der Waals surface area contributed by atoms with Crippen molar-refractivity contribution in [2.45, 2.75) is 6.92 Å². The fraction of sp³-hybridized carbons (Fsp3) is 0.214. The molecule has 0 aliphatic heterocycles. The number of aromatic nitrogens is 2. The van der Waals surface area contributed by atoms with Gasteiger partial charge in [0.15, 0.2) is 6.20 Å². The van der Waals surface area contributed by atoms with Crippen molar-refractivity contribution >= 4 is 27.5 Å². The molecule has 0 aliphatic rings. The maximum atomic E-state index is 12.5. The average molecular weight is 352 g/mol. The first-order chi connectivity index (χ1) is 9.95. The number of nitrogens with zero attached hydrogens (tertiary/aromatic N) is 3. The van der Waals surface area contributed by atoms with Crippen LogP contribution in [0.25, 0.3) is 0 Å². The molecule has 0 atom stereocenters. The van der Waals surface area contributed by atoms with Crippen LogP contribution in [0.15, 0.2) is 35.1 Å². The van der Waals surface area contributed by atoms with Crippen LogP contribution in [-0.2, 0) is 0 Å². The standard InChI is InChI=1S/C14H14BrN3O3/c1-9-10(5-4-8-18(9)20)14(19)17(2)11-6-7-12(21-3)16-13(11)15/h4-8H,1-3H3. The van der Waals surface area contributed by atoms with E-state index in [1.54, 1.807) is 38.2 Å². The minimum atomic E-state index is -0.287. The van der Waals surface area contributed by atoms with Crippen LogP contribution >= 0.6 is 15.9 Å². The van der Waals surface area contributed by atoms with Crippen molar-refractivity contribution < 1.29 is 14.3 Å². The molecule has 0 fully saturated rings. The number of hydrogen-bond donors (Lipinski definition) is 0. The van der Waals surface area contributed by atoms with Crippen molar-refractivity contribution in [1.29, 1.82) is 0 Å². The van der Waals surface area contributed by atoms with Gasteiger partial charge in [0.05, 0.1) is 12.8 Å². The normalized spacial score (nSPS) is 10.3. The number of rotatable bonds is 3. The zero-order valence-electron chi connectivity index (χ0n) is 11.8. The summed E-state index contributed by atoms with van der Waals surface area (Å²) >= 11 is 3.31. The number of amides is 1. The first-order valence-electron chi connectivity index (χ1n) is 6.13.